The third-order valence-corrected chi connectivity index (χ3v) is 3.51. The van der Waals surface area contributed by atoms with Gasteiger partial charge in [-0.05, 0) is 43.5 Å². The lowest BCUT2D eigenvalue weighted by Crippen LogP contribution is -1.96. The summed E-state index contributed by atoms with van der Waals surface area (Å²) in [6.07, 6.45) is 0.958. The zero-order valence-electron chi connectivity index (χ0n) is 9.53. The van der Waals surface area contributed by atoms with Gasteiger partial charge in [-0.3, -0.25) is 0 Å². The van der Waals surface area contributed by atoms with Gasteiger partial charge in [0, 0.05) is 0 Å². The minimum absolute atomic E-state index is 0.252. The Hall–Kier alpha value is -1.02. The van der Waals surface area contributed by atoms with Crippen molar-refractivity contribution in [1.82, 2.24) is 0 Å². The van der Waals surface area contributed by atoms with Crippen LogP contribution in [0, 0.1) is 13.8 Å². The van der Waals surface area contributed by atoms with Crippen LogP contribution in [0.25, 0.3) is 0 Å². The smallest absolute Gasteiger partial charge is 0.118 e. The van der Waals surface area contributed by atoms with E-state index in [2.05, 4.69) is 47.1 Å². The first-order chi connectivity index (χ1) is 7.66. The van der Waals surface area contributed by atoms with Crippen LogP contribution in [-0.2, 0) is 6.42 Å². The predicted octanol–water partition coefficient (Wildman–Crippen LogP) is 4.58. The van der Waals surface area contributed by atoms with Crippen molar-refractivity contribution < 1.29 is 4.42 Å². The number of rotatable bonds is 3. The molecule has 0 aliphatic heterocycles. The van der Waals surface area contributed by atoms with Gasteiger partial charge in [-0.15, -0.1) is 0 Å². The lowest BCUT2D eigenvalue weighted by Gasteiger charge is -2.09. The van der Waals surface area contributed by atoms with Gasteiger partial charge in [0.2, 0.25) is 0 Å². The summed E-state index contributed by atoms with van der Waals surface area (Å²) in [6.45, 7) is 4.11. The summed E-state index contributed by atoms with van der Waals surface area (Å²) < 4.78 is 5.61. The first-order valence-corrected chi connectivity index (χ1v) is 6.33. The van der Waals surface area contributed by atoms with Gasteiger partial charge >= 0.3 is 0 Å². The second-order valence-corrected chi connectivity index (χ2v) is 5.15. The maximum Gasteiger partial charge on any atom is 0.118 e. The largest absolute Gasteiger partial charge is 0.465 e. The Bertz CT molecular complexity index is 473. The topological polar surface area (TPSA) is 13.1 Å². The molecule has 0 N–H and O–H groups in total. The molecule has 0 spiro atoms. The van der Waals surface area contributed by atoms with Crippen LogP contribution in [0.1, 0.15) is 27.5 Å². The van der Waals surface area contributed by atoms with Crippen LogP contribution in [0.3, 0.4) is 0 Å². The van der Waals surface area contributed by atoms with Crippen molar-refractivity contribution in [2.45, 2.75) is 25.1 Å². The second kappa shape index (κ2) is 4.88. The molecule has 0 bridgehead atoms. The van der Waals surface area contributed by atoms with Crippen LogP contribution in [-0.4, -0.2) is 0 Å². The fraction of sp³-hybridized carbons (Fsp3) is 0.286. The van der Waals surface area contributed by atoms with Crippen molar-refractivity contribution in [3.05, 3.63) is 59.0 Å². The van der Waals surface area contributed by atoms with Crippen LogP contribution < -0.4 is 0 Å². The lowest BCUT2D eigenvalue weighted by molar-refractivity contribution is 0.481. The molecule has 2 rings (SSSR count). The molecule has 0 aliphatic rings. The first-order valence-electron chi connectivity index (χ1n) is 5.41. The Balaban J connectivity index is 2.13. The van der Waals surface area contributed by atoms with E-state index in [1.54, 1.807) is 0 Å². The minimum atomic E-state index is 0.252. The molecule has 2 heteroatoms. The molecule has 0 amide bonds. The van der Waals surface area contributed by atoms with Crippen LogP contribution in [0.4, 0.5) is 0 Å². The molecule has 0 saturated carbocycles. The SMILES string of the molecule is Cc1ccc(C(Br)Cc2ccccc2C)o1. The maximum atomic E-state index is 5.61. The first kappa shape index (κ1) is 11.5. The van der Waals surface area contributed by atoms with E-state index in [4.69, 9.17) is 4.42 Å². The highest BCUT2D eigenvalue weighted by atomic mass is 79.9. The molecule has 0 radical (unpaired) electrons. The Morgan fingerprint density at radius 3 is 2.50 bits per heavy atom. The van der Waals surface area contributed by atoms with E-state index in [1.165, 1.54) is 11.1 Å². The molecule has 0 fully saturated rings. The molecule has 84 valence electrons. The fourth-order valence-corrected chi connectivity index (χ4v) is 2.35. The molecule has 0 saturated heterocycles. The Morgan fingerprint density at radius 2 is 1.88 bits per heavy atom. The third-order valence-electron chi connectivity index (χ3n) is 2.73. The number of alkyl halides is 1. The van der Waals surface area contributed by atoms with Gasteiger partial charge in [-0.25, -0.2) is 0 Å². The average Bonchev–Trinajstić information content (AvgIpc) is 2.68. The Kier molecular flexibility index (Phi) is 3.49. The van der Waals surface area contributed by atoms with Gasteiger partial charge in [-0.1, -0.05) is 40.2 Å². The van der Waals surface area contributed by atoms with Crippen LogP contribution in [0.15, 0.2) is 40.8 Å². The molecule has 1 aromatic carbocycles. The number of hydrogen-bond donors (Lipinski definition) is 0. The van der Waals surface area contributed by atoms with Crippen molar-refractivity contribution >= 4 is 15.9 Å². The molecular weight excluding hydrogens is 264 g/mol. The quantitative estimate of drug-likeness (QED) is 0.750. The minimum Gasteiger partial charge on any atom is -0.465 e. The standard InChI is InChI=1S/C14H15BrO/c1-10-5-3-4-6-12(10)9-13(15)14-8-7-11(2)16-14/h3-8,13H,9H2,1-2H3. The molecule has 0 aliphatic carbocycles. The number of hydrogen-bond acceptors (Lipinski definition) is 1. The van der Waals surface area contributed by atoms with Crippen molar-refractivity contribution in [1.29, 1.82) is 0 Å². The van der Waals surface area contributed by atoms with Gasteiger partial charge in [-0.2, -0.15) is 0 Å². The molecule has 16 heavy (non-hydrogen) atoms. The maximum absolute atomic E-state index is 5.61. The number of benzene rings is 1. The normalized spacial score (nSPS) is 12.7. The Labute approximate surface area is 105 Å². The van der Waals surface area contributed by atoms with Gasteiger partial charge < -0.3 is 4.42 Å². The summed E-state index contributed by atoms with van der Waals surface area (Å²) in [5.74, 6) is 1.96. The number of furan rings is 1. The van der Waals surface area contributed by atoms with E-state index in [1.807, 2.05) is 19.1 Å². The zero-order valence-corrected chi connectivity index (χ0v) is 11.1. The Morgan fingerprint density at radius 1 is 1.12 bits per heavy atom. The second-order valence-electron chi connectivity index (χ2n) is 4.05. The van der Waals surface area contributed by atoms with E-state index < -0.39 is 0 Å². The highest BCUT2D eigenvalue weighted by molar-refractivity contribution is 9.09. The molecular formula is C14H15BrO. The van der Waals surface area contributed by atoms with Crippen molar-refractivity contribution in [2.24, 2.45) is 0 Å². The zero-order chi connectivity index (χ0) is 11.5. The van der Waals surface area contributed by atoms with Gasteiger partial charge in [0.15, 0.2) is 0 Å². The fourth-order valence-electron chi connectivity index (χ4n) is 1.75. The van der Waals surface area contributed by atoms with Crippen molar-refractivity contribution in [3.8, 4) is 0 Å². The van der Waals surface area contributed by atoms with Crippen LogP contribution in [0.2, 0.25) is 0 Å². The summed E-state index contributed by atoms with van der Waals surface area (Å²) >= 11 is 3.68. The highest BCUT2D eigenvalue weighted by Crippen LogP contribution is 2.29. The summed E-state index contributed by atoms with van der Waals surface area (Å²) in [7, 11) is 0. The third kappa shape index (κ3) is 2.56. The predicted molar refractivity (Wildman–Crippen MR) is 70.0 cm³/mol. The molecule has 2 aromatic rings. The number of aryl methyl sites for hydroxylation is 2. The van der Waals surface area contributed by atoms with Gasteiger partial charge in [0.05, 0.1) is 4.83 Å². The highest BCUT2D eigenvalue weighted by Gasteiger charge is 2.12. The van der Waals surface area contributed by atoms with E-state index in [0.717, 1.165) is 17.9 Å². The molecule has 1 heterocycles. The van der Waals surface area contributed by atoms with E-state index in [-0.39, 0.29) is 4.83 Å². The van der Waals surface area contributed by atoms with Crippen LogP contribution >= 0.6 is 15.9 Å². The summed E-state index contributed by atoms with van der Waals surface area (Å²) in [5, 5.41) is 0. The van der Waals surface area contributed by atoms with Gasteiger partial charge in [0.1, 0.15) is 11.5 Å². The summed E-state index contributed by atoms with van der Waals surface area (Å²) in [6, 6.07) is 12.5. The number of halogens is 1. The van der Waals surface area contributed by atoms with Gasteiger partial charge in [0.25, 0.3) is 0 Å². The van der Waals surface area contributed by atoms with Crippen LogP contribution in [0.5, 0.6) is 0 Å². The summed E-state index contributed by atoms with van der Waals surface area (Å²) in [5.41, 5.74) is 2.69. The molecule has 1 nitrogen and oxygen atoms in total. The van der Waals surface area contributed by atoms with E-state index in [0.29, 0.717) is 0 Å². The van der Waals surface area contributed by atoms with Crippen molar-refractivity contribution in [2.75, 3.05) is 0 Å². The lowest BCUT2D eigenvalue weighted by atomic mass is 10.0. The monoisotopic (exact) mass is 278 g/mol. The molecule has 1 unspecified atom stereocenters. The van der Waals surface area contributed by atoms with E-state index >= 15 is 0 Å². The molecule has 1 atom stereocenters. The van der Waals surface area contributed by atoms with E-state index in [9.17, 15) is 0 Å². The molecule has 1 aromatic heterocycles. The summed E-state index contributed by atoms with van der Waals surface area (Å²) in [4.78, 5) is 0.252. The average molecular weight is 279 g/mol. The van der Waals surface area contributed by atoms with Crippen molar-refractivity contribution in [3.63, 3.8) is 0 Å².